The van der Waals surface area contributed by atoms with Crippen molar-refractivity contribution < 1.29 is 17.9 Å². The number of carbonyl (C=O) groups is 1. The largest absolute Gasteiger partial charge is 0.377 e. The average Bonchev–Trinajstić information content (AvgIpc) is 2.96. The van der Waals surface area contributed by atoms with Gasteiger partial charge >= 0.3 is 6.03 Å². The van der Waals surface area contributed by atoms with E-state index in [9.17, 15) is 13.2 Å². The molecule has 2 aromatic rings. The highest BCUT2D eigenvalue weighted by atomic mass is 32.2. The van der Waals surface area contributed by atoms with Crippen LogP contribution < -0.4 is 15.5 Å². The molecule has 3 heterocycles. The van der Waals surface area contributed by atoms with E-state index in [0.29, 0.717) is 48.3 Å². The Labute approximate surface area is 175 Å². The van der Waals surface area contributed by atoms with Crippen LogP contribution >= 0.6 is 0 Å². The fourth-order valence-electron chi connectivity index (χ4n) is 3.81. The highest BCUT2D eigenvalue weighted by Gasteiger charge is 2.40. The van der Waals surface area contributed by atoms with E-state index >= 15 is 0 Å². The summed E-state index contributed by atoms with van der Waals surface area (Å²) < 4.78 is 30.7. The first-order valence-corrected chi connectivity index (χ1v) is 11.6. The van der Waals surface area contributed by atoms with Gasteiger partial charge in [-0.15, -0.1) is 0 Å². The van der Waals surface area contributed by atoms with Crippen LogP contribution in [0.5, 0.6) is 0 Å². The lowest BCUT2D eigenvalue weighted by molar-refractivity contribution is 0.0984. The van der Waals surface area contributed by atoms with Crippen molar-refractivity contribution in [3.05, 3.63) is 35.5 Å². The van der Waals surface area contributed by atoms with Crippen LogP contribution in [0.4, 0.5) is 16.3 Å². The Hall–Kier alpha value is -2.72. The smallest absolute Gasteiger partial charge is 0.318 e. The van der Waals surface area contributed by atoms with E-state index in [1.165, 1.54) is 0 Å². The fraction of sp³-hybridized carbons (Fsp3) is 0.450. The molecule has 0 radical (unpaired) electrons. The molecule has 30 heavy (non-hydrogen) atoms. The van der Waals surface area contributed by atoms with Crippen LogP contribution in [0.2, 0.25) is 0 Å². The number of nitrogens with zero attached hydrogens (tertiary/aromatic N) is 3. The van der Waals surface area contributed by atoms with Crippen LogP contribution in [0.15, 0.2) is 24.3 Å². The maximum absolute atomic E-state index is 12.6. The second kappa shape index (κ2) is 7.84. The van der Waals surface area contributed by atoms with Gasteiger partial charge in [-0.1, -0.05) is 0 Å². The van der Waals surface area contributed by atoms with E-state index in [1.807, 2.05) is 19.1 Å². The second-order valence-electron chi connectivity index (χ2n) is 7.58. The van der Waals surface area contributed by atoms with Crippen LogP contribution in [0, 0.1) is 0 Å². The summed E-state index contributed by atoms with van der Waals surface area (Å²) in [6.07, 6.45) is 0. The van der Waals surface area contributed by atoms with Crippen molar-refractivity contribution in [1.29, 1.82) is 0 Å². The number of aromatic nitrogens is 2. The molecule has 1 fully saturated rings. The normalized spacial score (nSPS) is 22.4. The minimum Gasteiger partial charge on any atom is -0.377 e. The minimum absolute atomic E-state index is 0.0823. The van der Waals surface area contributed by atoms with Crippen LogP contribution in [0.1, 0.15) is 30.4 Å². The summed E-state index contributed by atoms with van der Waals surface area (Å²) >= 11 is 0. The van der Waals surface area contributed by atoms with Crippen LogP contribution in [0.3, 0.4) is 0 Å². The van der Waals surface area contributed by atoms with E-state index in [-0.39, 0.29) is 17.8 Å². The zero-order valence-electron chi connectivity index (χ0n) is 17.2. The summed E-state index contributed by atoms with van der Waals surface area (Å²) in [5.41, 5.74) is 2.65. The summed E-state index contributed by atoms with van der Waals surface area (Å²) in [5.74, 6) is 1.06. The predicted octanol–water partition coefficient (Wildman–Crippen LogP) is 2.11. The molecule has 2 atom stereocenters. The van der Waals surface area contributed by atoms with Gasteiger partial charge in [0.15, 0.2) is 15.7 Å². The van der Waals surface area contributed by atoms with Gasteiger partial charge in [-0.05, 0) is 38.1 Å². The topological polar surface area (TPSA) is 114 Å². The number of amides is 2. The van der Waals surface area contributed by atoms with Gasteiger partial charge in [0.05, 0.1) is 36.0 Å². The molecule has 2 N–H and O–H groups in total. The number of sulfone groups is 1. The quantitative estimate of drug-likeness (QED) is 0.765. The van der Waals surface area contributed by atoms with Gasteiger partial charge in [0.1, 0.15) is 5.82 Å². The molecular formula is C20H25N5O4S. The molecule has 1 aromatic carbocycles. The Morgan fingerprint density at radius 1 is 1.20 bits per heavy atom. The lowest BCUT2D eigenvalue weighted by Crippen LogP contribution is -2.44. The zero-order chi connectivity index (χ0) is 21.5. The molecule has 10 heteroatoms. The number of anilines is 2. The molecule has 2 aliphatic heterocycles. The van der Waals surface area contributed by atoms with Gasteiger partial charge in [0.2, 0.25) is 0 Å². The third-order valence-corrected chi connectivity index (χ3v) is 7.54. The predicted molar refractivity (Wildman–Crippen MR) is 114 cm³/mol. The van der Waals surface area contributed by atoms with Crippen molar-refractivity contribution in [3.63, 3.8) is 0 Å². The summed E-state index contributed by atoms with van der Waals surface area (Å²) in [5, 5.41) is 4.57. The molecule has 2 unspecified atom stereocenters. The number of carbonyl (C=O) groups excluding carboxylic acids is 1. The number of morpholine rings is 1. The Morgan fingerprint density at radius 2 is 1.93 bits per heavy atom. The minimum atomic E-state index is -3.30. The van der Waals surface area contributed by atoms with Gasteiger partial charge in [-0.25, -0.2) is 23.2 Å². The zero-order valence-corrected chi connectivity index (χ0v) is 18.0. The van der Waals surface area contributed by atoms with Crippen molar-refractivity contribution in [1.82, 2.24) is 15.3 Å². The molecule has 1 saturated heterocycles. The molecule has 4 rings (SSSR count). The van der Waals surface area contributed by atoms with Crippen molar-refractivity contribution >= 4 is 27.4 Å². The molecule has 2 amide bonds. The molecule has 160 valence electrons. The van der Waals surface area contributed by atoms with Gasteiger partial charge in [0.25, 0.3) is 0 Å². The number of urea groups is 1. The highest BCUT2D eigenvalue weighted by molar-refractivity contribution is 7.91. The van der Waals surface area contributed by atoms with Crippen molar-refractivity contribution in [2.45, 2.75) is 30.9 Å². The summed E-state index contributed by atoms with van der Waals surface area (Å²) in [6, 6.07) is 6.92. The van der Waals surface area contributed by atoms with E-state index in [4.69, 9.17) is 9.72 Å². The molecule has 9 nitrogen and oxygen atoms in total. The molecule has 2 aliphatic rings. The summed E-state index contributed by atoms with van der Waals surface area (Å²) in [4.78, 5) is 23.0. The van der Waals surface area contributed by atoms with Crippen molar-refractivity contribution in [2.75, 3.05) is 37.0 Å². The number of rotatable bonds is 3. The van der Waals surface area contributed by atoms with E-state index in [1.54, 1.807) is 26.1 Å². The monoisotopic (exact) mass is 431 g/mol. The molecule has 0 saturated carbocycles. The standard InChI is InChI=1S/C20H25N5O4S/c1-12-10-29-9-8-25(12)19-17-13(2)30(27,28)11-16(17)23-18(24-19)14-4-6-15(7-5-14)22-20(26)21-3/h4-7,12-13H,8-11H2,1-3H3,(H2,21,22,26). The van der Waals surface area contributed by atoms with E-state index in [2.05, 4.69) is 20.5 Å². The second-order valence-corrected chi connectivity index (χ2v) is 9.90. The van der Waals surface area contributed by atoms with Crippen molar-refractivity contribution in [3.8, 4) is 11.4 Å². The first-order valence-electron chi connectivity index (χ1n) is 9.86. The number of fused-ring (bicyclic) bond motifs is 1. The Morgan fingerprint density at radius 3 is 2.60 bits per heavy atom. The maximum Gasteiger partial charge on any atom is 0.318 e. The number of hydrogen-bond acceptors (Lipinski definition) is 7. The van der Waals surface area contributed by atoms with Crippen molar-refractivity contribution in [2.24, 2.45) is 0 Å². The summed E-state index contributed by atoms with van der Waals surface area (Å²) in [7, 11) is -1.75. The lowest BCUT2D eigenvalue weighted by Gasteiger charge is -2.35. The van der Waals surface area contributed by atoms with Gasteiger partial charge < -0.3 is 20.3 Å². The van der Waals surface area contributed by atoms with Gasteiger partial charge in [0, 0.05) is 30.4 Å². The molecule has 1 aromatic heterocycles. The third kappa shape index (κ3) is 3.72. The molecule has 0 spiro atoms. The molecule has 0 aliphatic carbocycles. The van der Waals surface area contributed by atoms with E-state index in [0.717, 1.165) is 5.56 Å². The Bertz CT molecular complexity index is 1070. The van der Waals surface area contributed by atoms with Crippen LogP contribution in [-0.2, 0) is 20.3 Å². The highest BCUT2D eigenvalue weighted by Crippen LogP contribution is 2.42. The number of hydrogen-bond donors (Lipinski definition) is 2. The maximum atomic E-state index is 12.6. The van der Waals surface area contributed by atoms with Gasteiger partial charge in [-0.2, -0.15) is 0 Å². The number of ether oxygens (including phenoxy) is 1. The lowest BCUT2D eigenvalue weighted by atomic mass is 10.1. The Balaban J connectivity index is 1.77. The van der Waals surface area contributed by atoms with E-state index < -0.39 is 15.1 Å². The number of nitrogens with one attached hydrogen (secondary N) is 2. The van der Waals surface area contributed by atoms with Crippen LogP contribution in [0.25, 0.3) is 11.4 Å². The SMILES string of the molecule is CNC(=O)Nc1ccc(-c2nc3c(c(N4CCOCC4C)n2)C(C)S(=O)(=O)C3)cc1. The number of benzene rings is 1. The van der Waals surface area contributed by atoms with Crippen LogP contribution in [-0.4, -0.2) is 57.3 Å². The first kappa shape index (κ1) is 20.5. The molecular weight excluding hydrogens is 406 g/mol. The Kier molecular flexibility index (Phi) is 5.37. The average molecular weight is 432 g/mol. The third-order valence-electron chi connectivity index (χ3n) is 5.56. The summed E-state index contributed by atoms with van der Waals surface area (Å²) in [6.45, 7) is 5.53. The molecule has 0 bridgehead atoms. The van der Waals surface area contributed by atoms with Gasteiger partial charge in [-0.3, -0.25) is 0 Å². The fourth-order valence-corrected chi connectivity index (χ4v) is 5.26. The first-order chi connectivity index (χ1) is 14.3.